The molecule has 0 aromatic heterocycles. The molecule has 0 amide bonds. The van der Waals surface area contributed by atoms with Crippen LogP contribution < -0.4 is 0 Å². The first kappa shape index (κ1) is 10.7. The minimum atomic E-state index is -0.579. The van der Waals surface area contributed by atoms with Crippen LogP contribution in [0.4, 0.5) is 0 Å². The van der Waals surface area contributed by atoms with E-state index in [-0.39, 0.29) is 16.9 Å². The molecular formula is C9H7BrO4. The van der Waals surface area contributed by atoms with Crippen molar-refractivity contribution in [1.82, 2.24) is 0 Å². The maximum absolute atomic E-state index is 11.1. The Labute approximate surface area is 88.6 Å². The first-order valence-corrected chi connectivity index (χ1v) is 4.45. The number of ether oxygens (including phenoxy) is 1. The van der Waals surface area contributed by atoms with E-state index in [0.717, 1.165) is 0 Å². The van der Waals surface area contributed by atoms with Crippen molar-refractivity contribution >= 4 is 28.2 Å². The minimum Gasteiger partial charge on any atom is -0.507 e. The Morgan fingerprint density at radius 3 is 2.71 bits per heavy atom. The highest BCUT2D eigenvalue weighted by Crippen LogP contribution is 2.25. The number of halogens is 1. The van der Waals surface area contributed by atoms with E-state index in [1.54, 1.807) is 0 Å². The zero-order valence-electron chi connectivity index (χ0n) is 7.28. The number of hydrogen-bond donors (Lipinski definition) is 1. The van der Waals surface area contributed by atoms with Gasteiger partial charge >= 0.3 is 5.97 Å². The van der Waals surface area contributed by atoms with Crippen LogP contribution in [0.1, 0.15) is 20.7 Å². The Morgan fingerprint density at radius 1 is 1.57 bits per heavy atom. The van der Waals surface area contributed by atoms with Gasteiger partial charge < -0.3 is 9.84 Å². The summed E-state index contributed by atoms with van der Waals surface area (Å²) in [5, 5.41) is 9.30. The monoisotopic (exact) mass is 258 g/mol. The van der Waals surface area contributed by atoms with Gasteiger partial charge in [0.2, 0.25) is 0 Å². The second-order valence-corrected chi connectivity index (χ2v) is 3.35. The summed E-state index contributed by atoms with van der Waals surface area (Å²) >= 11 is 3.09. The molecule has 0 spiro atoms. The molecule has 0 radical (unpaired) electrons. The standard InChI is InChI=1S/C9H7BrO4/c1-14-9(13)6-3-8(12)5(4-11)2-7(6)10/h2-4,12H,1H3. The van der Waals surface area contributed by atoms with Crippen LogP contribution in [0, 0.1) is 0 Å². The van der Waals surface area contributed by atoms with Crippen LogP contribution in [0.25, 0.3) is 0 Å². The van der Waals surface area contributed by atoms with Gasteiger partial charge in [-0.3, -0.25) is 4.79 Å². The van der Waals surface area contributed by atoms with Crippen LogP contribution >= 0.6 is 15.9 Å². The number of aldehydes is 1. The number of carbonyl (C=O) groups excluding carboxylic acids is 2. The molecule has 74 valence electrons. The summed E-state index contributed by atoms with van der Waals surface area (Å²) in [6.07, 6.45) is 0.501. The van der Waals surface area contributed by atoms with Crippen LogP contribution in [0.3, 0.4) is 0 Å². The molecule has 0 aliphatic carbocycles. The van der Waals surface area contributed by atoms with Gasteiger partial charge in [-0.15, -0.1) is 0 Å². The Balaban J connectivity index is 3.28. The first-order chi connectivity index (χ1) is 6.60. The van der Waals surface area contributed by atoms with Gasteiger partial charge in [0.1, 0.15) is 5.75 Å². The van der Waals surface area contributed by atoms with Gasteiger partial charge in [-0.05, 0) is 28.1 Å². The van der Waals surface area contributed by atoms with Crippen molar-refractivity contribution in [3.63, 3.8) is 0 Å². The molecule has 1 rings (SSSR count). The van der Waals surface area contributed by atoms with Gasteiger partial charge in [0, 0.05) is 4.47 Å². The molecule has 1 N–H and O–H groups in total. The van der Waals surface area contributed by atoms with Crippen molar-refractivity contribution in [1.29, 1.82) is 0 Å². The fraction of sp³-hybridized carbons (Fsp3) is 0.111. The minimum absolute atomic E-state index is 0.115. The highest BCUT2D eigenvalue weighted by molar-refractivity contribution is 9.10. The van der Waals surface area contributed by atoms with Crippen LogP contribution in [0.2, 0.25) is 0 Å². The number of rotatable bonds is 2. The summed E-state index contributed by atoms with van der Waals surface area (Å²) in [4.78, 5) is 21.6. The lowest BCUT2D eigenvalue weighted by Gasteiger charge is -2.04. The van der Waals surface area contributed by atoms with Crippen LogP contribution in [0.5, 0.6) is 5.75 Å². The number of phenols is 1. The van der Waals surface area contributed by atoms with Gasteiger partial charge in [-0.1, -0.05) is 0 Å². The van der Waals surface area contributed by atoms with Crippen LogP contribution in [-0.2, 0) is 4.74 Å². The third kappa shape index (κ3) is 1.93. The molecule has 0 fully saturated rings. The van der Waals surface area contributed by atoms with E-state index in [4.69, 9.17) is 0 Å². The lowest BCUT2D eigenvalue weighted by molar-refractivity contribution is 0.0599. The number of aromatic hydroxyl groups is 1. The molecule has 1 aromatic carbocycles. The summed E-state index contributed by atoms with van der Waals surface area (Å²) in [5.74, 6) is -0.826. The number of phenolic OH excluding ortho intramolecular Hbond substituents is 1. The predicted molar refractivity (Wildman–Crippen MR) is 52.5 cm³/mol. The second kappa shape index (κ2) is 4.23. The number of carbonyl (C=O) groups is 2. The lowest BCUT2D eigenvalue weighted by atomic mass is 10.1. The van der Waals surface area contributed by atoms with Gasteiger partial charge in [-0.25, -0.2) is 4.79 Å². The topological polar surface area (TPSA) is 63.6 Å². The summed E-state index contributed by atoms with van der Waals surface area (Å²) in [6, 6.07) is 2.54. The highest BCUT2D eigenvalue weighted by Gasteiger charge is 2.13. The molecule has 5 heteroatoms. The molecule has 0 saturated heterocycles. The average Bonchev–Trinajstić information content (AvgIpc) is 2.19. The molecule has 4 nitrogen and oxygen atoms in total. The number of benzene rings is 1. The Bertz CT molecular complexity index is 387. The maximum atomic E-state index is 11.1. The summed E-state index contributed by atoms with van der Waals surface area (Å²) in [6.45, 7) is 0. The molecule has 0 bridgehead atoms. The Morgan fingerprint density at radius 2 is 2.21 bits per heavy atom. The maximum Gasteiger partial charge on any atom is 0.339 e. The van der Waals surface area contributed by atoms with E-state index in [0.29, 0.717) is 10.8 Å². The van der Waals surface area contributed by atoms with Crippen molar-refractivity contribution in [2.24, 2.45) is 0 Å². The molecule has 14 heavy (non-hydrogen) atoms. The zero-order chi connectivity index (χ0) is 10.7. The molecule has 0 unspecified atom stereocenters. The fourth-order valence-electron chi connectivity index (χ4n) is 0.938. The summed E-state index contributed by atoms with van der Waals surface area (Å²) in [5.41, 5.74) is 0.292. The van der Waals surface area contributed by atoms with Crippen molar-refractivity contribution in [2.75, 3.05) is 7.11 Å². The molecule has 0 heterocycles. The van der Waals surface area contributed by atoms with Gasteiger partial charge in [0.05, 0.1) is 18.2 Å². The van der Waals surface area contributed by atoms with Gasteiger partial charge in [0.25, 0.3) is 0 Å². The molecule has 1 aromatic rings. The Kier molecular flexibility index (Phi) is 3.24. The summed E-state index contributed by atoms with van der Waals surface area (Å²) in [7, 11) is 1.24. The normalized spacial score (nSPS) is 9.57. The van der Waals surface area contributed by atoms with Gasteiger partial charge in [-0.2, -0.15) is 0 Å². The first-order valence-electron chi connectivity index (χ1n) is 3.66. The zero-order valence-corrected chi connectivity index (χ0v) is 8.87. The van der Waals surface area contributed by atoms with Crippen molar-refractivity contribution in [3.8, 4) is 5.75 Å². The van der Waals surface area contributed by atoms with E-state index >= 15 is 0 Å². The number of methoxy groups -OCH3 is 1. The molecular weight excluding hydrogens is 252 g/mol. The van der Waals surface area contributed by atoms with E-state index < -0.39 is 5.97 Å². The molecule has 0 aliphatic rings. The largest absolute Gasteiger partial charge is 0.507 e. The number of hydrogen-bond acceptors (Lipinski definition) is 4. The van der Waals surface area contributed by atoms with E-state index in [1.807, 2.05) is 0 Å². The summed E-state index contributed by atoms with van der Waals surface area (Å²) < 4.78 is 4.88. The molecule has 0 atom stereocenters. The number of esters is 1. The lowest BCUT2D eigenvalue weighted by Crippen LogP contribution is -2.02. The van der Waals surface area contributed by atoms with Crippen molar-refractivity contribution in [2.45, 2.75) is 0 Å². The third-order valence-electron chi connectivity index (χ3n) is 1.65. The van der Waals surface area contributed by atoms with E-state index in [1.165, 1.54) is 19.2 Å². The van der Waals surface area contributed by atoms with Crippen molar-refractivity contribution < 1.29 is 19.4 Å². The second-order valence-electron chi connectivity index (χ2n) is 2.50. The smallest absolute Gasteiger partial charge is 0.339 e. The average molecular weight is 259 g/mol. The predicted octanol–water partition coefficient (Wildman–Crippen LogP) is 1.75. The highest BCUT2D eigenvalue weighted by atomic mass is 79.9. The quantitative estimate of drug-likeness (QED) is 0.649. The van der Waals surface area contributed by atoms with Crippen LogP contribution in [0.15, 0.2) is 16.6 Å². The molecule has 0 saturated carbocycles. The van der Waals surface area contributed by atoms with E-state index in [2.05, 4.69) is 20.7 Å². The van der Waals surface area contributed by atoms with Crippen molar-refractivity contribution in [3.05, 3.63) is 27.7 Å². The SMILES string of the molecule is COC(=O)c1cc(O)c(C=O)cc1Br. The molecule has 0 aliphatic heterocycles. The third-order valence-corrected chi connectivity index (χ3v) is 2.30. The Hall–Kier alpha value is -1.36. The van der Waals surface area contributed by atoms with Gasteiger partial charge in [0.15, 0.2) is 6.29 Å². The van der Waals surface area contributed by atoms with Crippen LogP contribution in [-0.4, -0.2) is 24.5 Å². The van der Waals surface area contributed by atoms with E-state index in [9.17, 15) is 14.7 Å². The fourth-order valence-corrected chi connectivity index (χ4v) is 1.46.